The minimum atomic E-state index is 0.0748. The number of benzene rings is 2. The molecule has 0 bridgehead atoms. The number of aryl methyl sites for hydroxylation is 1. The van der Waals surface area contributed by atoms with Crippen LogP contribution in [0.3, 0.4) is 0 Å². The maximum Gasteiger partial charge on any atom is 0.223 e. The van der Waals surface area contributed by atoms with Gasteiger partial charge in [0.1, 0.15) is 12.0 Å². The fourth-order valence-electron chi connectivity index (χ4n) is 5.71. The van der Waals surface area contributed by atoms with Gasteiger partial charge in [0, 0.05) is 62.1 Å². The van der Waals surface area contributed by atoms with Gasteiger partial charge in [-0.15, -0.1) is 0 Å². The highest BCUT2D eigenvalue weighted by atomic mass is 35.5. The van der Waals surface area contributed by atoms with Crippen LogP contribution in [0.1, 0.15) is 36.4 Å². The van der Waals surface area contributed by atoms with Crippen molar-refractivity contribution in [3.63, 3.8) is 0 Å². The average Bonchev–Trinajstić information content (AvgIpc) is 3.53. The Bertz CT molecular complexity index is 1180. The number of anilines is 1. The van der Waals surface area contributed by atoms with Crippen LogP contribution < -0.4 is 15.8 Å². The van der Waals surface area contributed by atoms with Crippen LogP contribution in [-0.4, -0.2) is 64.9 Å². The van der Waals surface area contributed by atoms with Crippen molar-refractivity contribution < 1.29 is 4.79 Å². The predicted molar refractivity (Wildman–Crippen MR) is 142 cm³/mol. The zero-order valence-corrected chi connectivity index (χ0v) is 21.2. The maximum atomic E-state index is 13.0. The Morgan fingerprint density at radius 1 is 1.08 bits per heavy atom. The molecule has 36 heavy (non-hydrogen) atoms. The number of amides is 1. The van der Waals surface area contributed by atoms with Crippen molar-refractivity contribution in [1.82, 2.24) is 25.7 Å². The van der Waals surface area contributed by atoms with E-state index in [-0.39, 0.29) is 24.2 Å². The van der Waals surface area contributed by atoms with E-state index in [4.69, 9.17) is 11.6 Å². The van der Waals surface area contributed by atoms with Crippen molar-refractivity contribution >= 4 is 29.0 Å². The van der Waals surface area contributed by atoms with E-state index in [0.717, 1.165) is 49.1 Å². The average molecular weight is 506 g/mol. The van der Waals surface area contributed by atoms with Gasteiger partial charge in [0.25, 0.3) is 0 Å². The van der Waals surface area contributed by atoms with Crippen LogP contribution >= 0.6 is 11.6 Å². The van der Waals surface area contributed by atoms with Crippen LogP contribution in [0.25, 0.3) is 0 Å². The Hall–Kier alpha value is -3.23. The summed E-state index contributed by atoms with van der Waals surface area (Å²) in [5.74, 6) is 1.12. The van der Waals surface area contributed by atoms with Gasteiger partial charge in [0.15, 0.2) is 0 Å². The summed E-state index contributed by atoms with van der Waals surface area (Å²) in [6.07, 6.45) is 6.31. The molecular weight excluding hydrogens is 474 g/mol. The van der Waals surface area contributed by atoms with E-state index >= 15 is 0 Å². The molecule has 0 spiro atoms. The fourth-order valence-corrected chi connectivity index (χ4v) is 5.88. The molecule has 2 N–H and O–H groups in total. The zero-order chi connectivity index (χ0) is 24.6. The first kappa shape index (κ1) is 23.2. The first-order chi connectivity index (χ1) is 17.6. The molecule has 4 aliphatic heterocycles. The van der Waals surface area contributed by atoms with Crippen molar-refractivity contribution in [2.75, 3.05) is 31.1 Å². The fraction of sp³-hybridized carbons (Fsp3) is 0.407. The maximum absolute atomic E-state index is 13.0. The number of amidine groups is 1. The van der Waals surface area contributed by atoms with Crippen LogP contribution in [0.5, 0.6) is 0 Å². The van der Waals surface area contributed by atoms with E-state index < -0.39 is 0 Å². The number of hydrazone groups is 1. The molecule has 3 unspecified atom stereocenters. The van der Waals surface area contributed by atoms with Gasteiger partial charge in [0.05, 0.1) is 12.1 Å². The monoisotopic (exact) mass is 505 g/mol. The van der Waals surface area contributed by atoms with Gasteiger partial charge < -0.3 is 19.7 Å². The minimum absolute atomic E-state index is 0.0748. The van der Waals surface area contributed by atoms with Crippen LogP contribution in [0.2, 0.25) is 5.02 Å². The topological polar surface area (TPSA) is 66.5 Å². The van der Waals surface area contributed by atoms with Gasteiger partial charge >= 0.3 is 0 Å². The van der Waals surface area contributed by atoms with Crippen molar-refractivity contribution in [2.45, 2.75) is 44.4 Å². The number of hydrazine groups is 1. The normalized spacial score (nSPS) is 24.9. The van der Waals surface area contributed by atoms with Crippen LogP contribution in [0, 0.1) is 6.92 Å². The third kappa shape index (κ3) is 4.40. The molecule has 0 aromatic heterocycles. The molecule has 6 rings (SSSR count). The number of carbonyl (C=O) groups excluding carboxylic acids is 1. The van der Waals surface area contributed by atoms with Gasteiger partial charge in [-0.05, 0) is 36.6 Å². The molecule has 2 aromatic carbocycles. The third-order valence-corrected chi connectivity index (χ3v) is 7.96. The largest absolute Gasteiger partial charge is 0.368 e. The number of rotatable bonds is 5. The summed E-state index contributed by atoms with van der Waals surface area (Å²) < 4.78 is 0. The Morgan fingerprint density at radius 2 is 1.89 bits per heavy atom. The standard InChI is InChI=1S/C27H32ClN7O/c1-19-7-8-21(28)17-23(19)32-11-13-33(14-12-32)26(36)10-9-25-29-30-27-24-18-22(20-5-3-2-4-6-20)31-35(24)16-15-34(25)27/h2-8,15-17,22,24,27,30-31H,9-14,18H2,1H3. The highest BCUT2D eigenvalue weighted by Crippen LogP contribution is 2.34. The summed E-state index contributed by atoms with van der Waals surface area (Å²) in [5, 5.41) is 7.56. The smallest absolute Gasteiger partial charge is 0.223 e. The molecule has 0 radical (unpaired) electrons. The summed E-state index contributed by atoms with van der Waals surface area (Å²) in [7, 11) is 0. The molecule has 2 saturated heterocycles. The lowest BCUT2D eigenvalue weighted by molar-refractivity contribution is -0.131. The first-order valence-electron chi connectivity index (χ1n) is 12.7. The van der Waals surface area contributed by atoms with Crippen molar-refractivity contribution in [3.8, 4) is 0 Å². The van der Waals surface area contributed by atoms with Crippen molar-refractivity contribution in [3.05, 3.63) is 77.1 Å². The Morgan fingerprint density at radius 3 is 2.69 bits per heavy atom. The van der Waals surface area contributed by atoms with E-state index in [0.29, 0.717) is 12.8 Å². The minimum Gasteiger partial charge on any atom is -0.368 e. The lowest BCUT2D eigenvalue weighted by atomic mass is 10.00. The molecule has 2 aromatic rings. The molecule has 1 amide bonds. The molecule has 3 atom stereocenters. The third-order valence-electron chi connectivity index (χ3n) is 7.72. The predicted octanol–water partition coefficient (Wildman–Crippen LogP) is 3.43. The number of fused-ring (bicyclic) bond motifs is 3. The zero-order valence-electron chi connectivity index (χ0n) is 20.5. The van der Waals surface area contributed by atoms with Gasteiger partial charge in [-0.3, -0.25) is 10.2 Å². The Kier molecular flexibility index (Phi) is 6.23. The number of carbonyl (C=O) groups is 1. The summed E-state index contributed by atoms with van der Waals surface area (Å²) >= 11 is 6.21. The lowest BCUT2D eigenvalue weighted by Crippen LogP contribution is -2.54. The summed E-state index contributed by atoms with van der Waals surface area (Å²) in [5.41, 5.74) is 10.6. The van der Waals surface area contributed by atoms with Crippen molar-refractivity contribution in [2.24, 2.45) is 5.10 Å². The van der Waals surface area contributed by atoms with Gasteiger partial charge in [-0.1, -0.05) is 48.0 Å². The second-order valence-electron chi connectivity index (χ2n) is 9.91. The molecule has 4 heterocycles. The molecule has 0 saturated carbocycles. The second kappa shape index (κ2) is 9.67. The number of nitrogens with zero attached hydrogens (tertiary/aromatic N) is 5. The Labute approximate surface area is 217 Å². The van der Waals surface area contributed by atoms with E-state index in [1.54, 1.807) is 0 Å². The molecule has 2 fully saturated rings. The van der Waals surface area contributed by atoms with E-state index in [2.05, 4.69) is 80.4 Å². The number of hydrogen-bond donors (Lipinski definition) is 2. The SMILES string of the molecule is Cc1ccc(Cl)cc1N1CCN(C(=O)CCC2=NNC3C4CC(c5ccccc5)NN4C=CN23)CC1. The highest BCUT2D eigenvalue weighted by molar-refractivity contribution is 6.30. The lowest BCUT2D eigenvalue weighted by Gasteiger charge is -2.37. The summed E-state index contributed by atoms with van der Waals surface area (Å²) in [6, 6.07) is 17.1. The van der Waals surface area contributed by atoms with Crippen LogP contribution in [-0.2, 0) is 4.79 Å². The van der Waals surface area contributed by atoms with Crippen molar-refractivity contribution in [1.29, 1.82) is 0 Å². The van der Waals surface area contributed by atoms with Crippen LogP contribution in [0.15, 0.2) is 66.0 Å². The molecule has 0 aliphatic carbocycles. The van der Waals surface area contributed by atoms with Gasteiger partial charge in [-0.25, -0.2) is 5.43 Å². The highest BCUT2D eigenvalue weighted by Gasteiger charge is 2.44. The van der Waals surface area contributed by atoms with E-state index in [9.17, 15) is 4.79 Å². The van der Waals surface area contributed by atoms with Gasteiger partial charge in [-0.2, -0.15) is 5.10 Å². The van der Waals surface area contributed by atoms with Crippen LogP contribution in [0.4, 0.5) is 5.69 Å². The molecule has 8 nitrogen and oxygen atoms in total. The summed E-state index contributed by atoms with van der Waals surface area (Å²) in [6.45, 7) is 5.19. The molecule has 9 heteroatoms. The summed E-state index contributed by atoms with van der Waals surface area (Å²) in [4.78, 5) is 19.5. The Balaban J connectivity index is 1.01. The molecule has 188 valence electrons. The van der Waals surface area contributed by atoms with Gasteiger partial charge in [0.2, 0.25) is 5.91 Å². The molecule has 4 aliphatic rings. The quantitative estimate of drug-likeness (QED) is 0.649. The second-order valence-corrected chi connectivity index (χ2v) is 10.3. The number of hydrogen-bond acceptors (Lipinski definition) is 7. The number of piperazine rings is 1. The first-order valence-corrected chi connectivity index (χ1v) is 13.1. The number of halogens is 1. The van der Waals surface area contributed by atoms with E-state index in [1.807, 2.05) is 23.1 Å². The number of nitrogens with one attached hydrogen (secondary N) is 2. The molecular formula is C27H32ClN7O. The van der Waals surface area contributed by atoms with E-state index in [1.165, 1.54) is 11.1 Å².